The number of rotatable bonds is 8. The fraction of sp³-hybridized carbons (Fsp3) is 0.529. The van der Waals surface area contributed by atoms with Crippen LogP contribution in [0.3, 0.4) is 0 Å². The first-order valence-corrected chi connectivity index (χ1v) is 8.40. The molecule has 26 heavy (non-hydrogen) atoms. The summed E-state index contributed by atoms with van der Waals surface area (Å²) < 4.78 is 34.0. The molecule has 4 N–H and O–H groups in total. The van der Waals surface area contributed by atoms with Crippen LogP contribution in [0.4, 0.5) is 8.78 Å². The molecule has 2 rings (SSSR count). The van der Waals surface area contributed by atoms with Crippen LogP contribution in [0, 0.1) is 5.92 Å². The lowest BCUT2D eigenvalue weighted by Gasteiger charge is -2.27. The van der Waals surface area contributed by atoms with E-state index in [0.717, 1.165) is 24.3 Å². The summed E-state index contributed by atoms with van der Waals surface area (Å²) in [5, 5.41) is 2.78. The van der Waals surface area contributed by atoms with E-state index in [9.17, 15) is 18.4 Å². The lowest BCUT2D eigenvalue weighted by Crippen LogP contribution is -3.14. The van der Waals surface area contributed by atoms with Gasteiger partial charge in [-0.2, -0.15) is 8.78 Å². The standard InChI is InChI=1S/C17H23F2N3O4/c1-25-14-7-11(4-5-13(14)26-17(18)19)8-21-15(23)10-22-6-2-3-12(9-22)16(20)24/h4-5,7,12,17H,2-3,6,8-10H2,1H3,(H2,20,24)(H,21,23)/p+1/t12-/m1/s1. The molecular weight excluding hydrogens is 348 g/mol. The molecule has 9 heteroatoms. The minimum atomic E-state index is -2.94. The highest BCUT2D eigenvalue weighted by atomic mass is 19.3. The van der Waals surface area contributed by atoms with Gasteiger partial charge in [-0.15, -0.1) is 0 Å². The second-order valence-corrected chi connectivity index (χ2v) is 6.26. The number of quaternary nitrogens is 1. The average Bonchev–Trinajstić information content (AvgIpc) is 2.60. The summed E-state index contributed by atoms with van der Waals surface area (Å²) >= 11 is 0. The highest BCUT2D eigenvalue weighted by molar-refractivity contribution is 5.77. The van der Waals surface area contributed by atoms with Crippen molar-refractivity contribution in [1.29, 1.82) is 0 Å². The zero-order valence-corrected chi connectivity index (χ0v) is 14.6. The molecule has 0 radical (unpaired) electrons. The number of hydrogen-bond acceptors (Lipinski definition) is 4. The molecule has 0 saturated carbocycles. The van der Waals surface area contributed by atoms with Crippen molar-refractivity contribution in [2.75, 3.05) is 26.7 Å². The lowest BCUT2D eigenvalue weighted by molar-refractivity contribution is -0.899. The third-order valence-electron chi connectivity index (χ3n) is 4.36. The van der Waals surface area contributed by atoms with Crippen LogP contribution >= 0.6 is 0 Å². The molecule has 7 nitrogen and oxygen atoms in total. The van der Waals surface area contributed by atoms with Crippen LogP contribution in [0.25, 0.3) is 0 Å². The van der Waals surface area contributed by atoms with Crippen molar-refractivity contribution in [3.8, 4) is 11.5 Å². The number of piperidine rings is 1. The molecule has 0 spiro atoms. The average molecular weight is 372 g/mol. The number of methoxy groups -OCH3 is 1. The normalized spacial score (nSPS) is 19.8. The Kier molecular flexibility index (Phi) is 7.14. The van der Waals surface area contributed by atoms with Gasteiger partial charge in [-0.05, 0) is 30.5 Å². The monoisotopic (exact) mass is 372 g/mol. The topological polar surface area (TPSA) is 95.1 Å². The van der Waals surface area contributed by atoms with E-state index in [1.807, 2.05) is 0 Å². The Morgan fingerprint density at radius 3 is 2.81 bits per heavy atom. The maximum absolute atomic E-state index is 12.3. The molecule has 2 amide bonds. The first-order chi connectivity index (χ1) is 12.4. The van der Waals surface area contributed by atoms with Crippen molar-refractivity contribution >= 4 is 11.8 Å². The number of amides is 2. The molecule has 144 valence electrons. The number of likely N-dealkylation sites (tertiary alicyclic amines) is 1. The lowest BCUT2D eigenvalue weighted by atomic mass is 9.97. The molecule has 0 bridgehead atoms. The Balaban J connectivity index is 1.86. The molecule has 0 aromatic heterocycles. The number of nitrogens with one attached hydrogen (secondary N) is 2. The van der Waals surface area contributed by atoms with E-state index >= 15 is 0 Å². The van der Waals surface area contributed by atoms with E-state index in [1.165, 1.54) is 19.2 Å². The van der Waals surface area contributed by atoms with Crippen LogP contribution in [0.5, 0.6) is 11.5 Å². The third kappa shape index (κ3) is 5.83. The van der Waals surface area contributed by atoms with Gasteiger partial charge in [0.2, 0.25) is 5.91 Å². The molecular formula is C17H24F2N3O4+. The van der Waals surface area contributed by atoms with Gasteiger partial charge < -0.3 is 25.4 Å². The Morgan fingerprint density at radius 1 is 1.38 bits per heavy atom. The van der Waals surface area contributed by atoms with E-state index in [4.69, 9.17) is 10.5 Å². The summed E-state index contributed by atoms with van der Waals surface area (Å²) in [6, 6.07) is 4.49. The molecule has 1 heterocycles. The first-order valence-electron chi connectivity index (χ1n) is 8.40. The summed E-state index contributed by atoms with van der Waals surface area (Å²) in [6.45, 7) is -1.06. The molecule has 1 unspecified atom stereocenters. The van der Waals surface area contributed by atoms with Gasteiger partial charge in [0.25, 0.3) is 5.91 Å². The van der Waals surface area contributed by atoms with Crippen molar-refractivity contribution in [2.24, 2.45) is 11.7 Å². The fourth-order valence-electron chi connectivity index (χ4n) is 3.06. The van der Waals surface area contributed by atoms with Crippen molar-refractivity contribution in [3.05, 3.63) is 23.8 Å². The van der Waals surface area contributed by atoms with E-state index in [0.29, 0.717) is 12.1 Å². The van der Waals surface area contributed by atoms with E-state index in [1.54, 1.807) is 6.07 Å². The van der Waals surface area contributed by atoms with Crippen LogP contribution < -0.4 is 25.4 Å². The number of primary amides is 1. The summed E-state index contributed by atoms with van der Waals surface area (Å²) in [5.41, 5.74) is 6.04. The highest BCUT2D eigenvalue weighted by Crippen LogP contribution is 2.29. The Morgan fingerprint density at radius 2 is 2.15 bits per heavy atom. The predicted octanol–water partition coefficient (Wildman–Crippen LogP) is -0.307. The van der Waals surface area contributed by atoms with Gasteiger partial charge in [-0.25, -0.2) is 0 Å². The van der Waals surface area contributed by atoms with Gasteiger partial charge in [0.1, 0.15) is 0 Å². The zero-order valence-electron chi connectivity index (χ0n) is 14.6. The van der Waals surface area contributed by atoms with E-state index < -0.39 is 6.61 Å². The summed E-state index contributed by atoms with van der Waals surface area (Å²) in [4.78, 5) is 24.4. The van der Waals surface area contributed by atoms with Gasteiger partial charge in [0, 0.05) is 6.54 Å². The Bertz CT molecular complexity index is 642. The Labute approximate surface area is 150 Å². The van der Waals surface area contributed by atoms with Crippen LogP contribution in [-0.2, 0) is 16.1 Å². The van der Waals surface area contributed by atoms with Gasteiger partial charge in [0.15, 0.2) is 18.0 Å². The molecule has 1 saturated heterocycles. The minimum absolute atomic E-state index is 0.0622. The number of alkyl halides is 2. The number of carbonyl (C=O) groups excluding carboxylic acids is 2. The minimum Gasteiger partial charge on any atom is -0.493 e. The van der Waals surface area contributed by atoms with Crippen LogP contribution in [0.2, 0.25) is 0 Å². The summed E-state index contributed by atoms with van der Waals surface area (Å²) in [6.07, 6.45) is 1.63. The van der Waals surface area contributed by atoms with Gasteiger partial charge in [0.05, 0.1) is 26.1 Å². The van der Waals surface area contributed by atoms with Crippen LogP contribution in [-0.4, -0.2) is 45.2 Å². The Hall–Kier alpha value is -2.42. The number of ether oxygens (including phenoxy) is 2. The molecule has 1 aliphatic rings. The molecule has 2 atom stereocenters. The van der Waals surface area contributed by atoms with Crippen LogP contribution in [0.15, 0.2) is 18.2 Å². The molecule has 0 aliphatic carbocycles. The number of halogens is 2. The SMILES string of the molecule is COc1cc(CNC(=O)C[NH+]2CCC[C@@H](C(N)=O)C2)ccc1OC(F)F. The van der Waals surface area contributed by atoms with Gasteiger partial charge in [-0.1, -0.05) is 6.07 Å². The number of benzene rings is 1. The third-order valence-corrected chi connectivity index (χ3v) is 4.36. The maximum atomic E-state index is 12.3. The summed E-state index contributed by atoms with van der Waals surface area (Å²) in [7, 11) is 1.35. The van der Waals surface area contributed by atoms with E-state index in [-0.39, 0.29) is 42.3 Å². The fourth-order valence-corrected chi connectivity index (χ4v) is 3.06. The van der Waals surface area contributed by atoms with Gasteiger partial charge >= 0.3 is 6.61 Å². The van der Waals surface area contributed by atoms with Crippen molar-refractivity contribution < 1.29 is 32.7 Å². The first kappa shape index (κ1) is 19.9. The van der Waals surface area contributed by atoms with Crippen molar-refractivity contribution in [1.82, 2.24) is 5.32 Å². The van der Waals surface area contributed by atoms with Crippen molar-refractivity contribution in [2.45, 2.75) is 26.0 Å². The zero-order chi connectivity index (χ0) is 19.1. The predicted molar refractivity (Wildman–Crippen MR) is 89.0 cm³/mol. The number of nitrogens with two attached hydrogens (primary N) is 1. The molecule has 1 aromatic carbocycles. The second-order valence-electron chi connectivity index (χ2n) is 6.26. The summed E-state index contributed by atoms with van der Waals surface area (Å²) in [5.74, 6) is -0.549. The molecule has 1 fully saturated rings. The maximum Gasteiger partial charge on any atom is 0.387 e. The van der Waals surface area contributed by atoms with Crippen molar-refractivity contribution in [3.63, 3.8) is 0 Å². The quantitative estimate of drug-likeness (QED) is 0.584. The molecule has 1 aliphatic heterocycles. The second kappa shape index (κ2) is 9.33. The van der Waals surface area contributed by atoms with Gasteiger partial charge in [-0.3, -0.25) is 9.59 Å². The smallest absolute Gasteiger partial charge is 0.387 e. The van der Waals surface area contributed by atoms with Crippen LogP contribution in [0.1, 0.15) is 18.4 Å². The number of carbonyl (C=O) groups is 2. The number of hydrogen-bond donors (Lipinski definition) is 3. The molecule has 1 aromatic rings. The highest BCUT2D eigenvalue weighted by Gasteiger charge is 2.28. The largest absolute Gasteiger partial charge is 0.493 e. The van der Waals surface area contributed by atoms with E-state index in [2.05, 4.69) is 10.1 Å².